The number of thiophene rings is 1. The van der Waals surface area contributed by atoms with Gasteiger partial charge in [-0.1, -0.05) is 0 Å². The number of benzene rings is 1. The number of ether oxygens (including phenoxy) is 2. The lowest BCUT2D eigenvalue weighted by Gasteiger charge is -2.32. The summed E-state index contributed by atoms with van der Waals surface area (Å²) in [5.74, 6) is -0.415. The summed E-state index contributed by atoms with van der Waals surface area (Å²) >= 11 is 1.52. The highest BCUT2D eigenvalue weighted by Gasteiger charge is 2.34. The van der Waals surface area contributed by atoms with Gasteiger partial charge in [-0.15, -0.1) is 11.3 Å². The van der Waals surface area contributed by atoms with E-state index in [1.54, 1.807) is 19.2 Å². The first-order valence-electron chi connectivity index (χ1n) is 13.2. The fourth-order valence-electron chi connectivity index (χ4n) is 4.93. The molecule has 1 fully saturated rings. The van der Waals surface area contributed by atoms with E-state index in [0.29, 0.717) is 43.3 Å². The molecule has 1 aromatic carbocycles. The van der Waals surface area contributed by atoms with Gasteiger partial charge in [0.15, 0.2) is 0 Å². The van der Waals surface area contributed by atoms with E-state index in [1.165, 1.54) is 35.5 Å². The van der Waals surface area contributed by atoms with Crippen LogP contribution in [0.4, 0.5) is 10.3 Å². The molecule has 2 amide bonds. The highest BCUT2D eigenvalue weighted by atomic mass is 32.1. The maximum Gasteiger partial charge on any atom is 0.255 e. The van der Waals surface area contributed by atoms with Crippen LogP contribution in [0.3, 0.4) is 0 Å². The summed E-state index contributed by atoms with van der Waals surface area (Å²) in [6, 6.07) is 6.25. The van der Waals surface area contributed by atoms with Gasteiger partial charge in [0.25, 0.3) is 5.91 Å². The Morgan fingerprint density at radius 1 is 1.30 bits per heavy atom. The number of rotatable bonds is 9. The van der Waals surface area contributed by atoms with Crippen LogP contribution in [0, 0.1) is 5.82 Å². The standard InChI is InChI=1S/C28H32FN5O5S/c1-16(26(36)32-23(15-35)17-11-18(29)13-20(12-17)38-2)34-8-4-24-21(27(34)37)14-25(40-24)22-3-7-30-28(33-22)31-19-5-9-39-10-6-19/h3,7,11-14,16,19,23,35H,4-6,8-10,15H2,1-2H3,(H,32,36)(H,30,31,33)/t16-,23-/m1/s1. The summed E-state index contributed by atoms with van der Waals surface area (Å²) < 4.78 is 24.5. The van der Waals surface area contributed by atoms with Crippen LogP contribution in [-0.4, -0.2) is 77.3 Å². The molecule has 2 atom stereocenters. The van der Waals surface area contributed by atoms with Crippen LogP contribution in [0.15, 0.2) is 36.5 Å². The van der Waals surface area contributed by atoms with Gasteiger partial charge in [-0.25, -0.2) is 14.4 Å². The van der Waals surface area contributed by atoms with Crippen molar-refractivity contribution in [3.63, 3.8) is 0 Å². The highest BCUT2D eigenvalue weighted by molar-refractivity contribution is 7.15. The average Bonchev–Trinajstić information content (AvgIpc) is 3.41. The number of aliphatic hydroxyl groups excluding tert-OH is 1. The largest absolute Gasteiger partial charge is 0.497 e. The number of hydrogen-bond donors (Lipinski definition) is 3. The zero-order chi connectivity index (χ0) is 28.2. The molecule has 2 aliphatic heterocycles. The van der Waals surface area contributed by atoms with Crippen molar-refractivity contribution < 1.29 is 28.6 Å². The van der Waals surface area contributed by atoms with Crippen LogP contribution in [0.25, 0.3) is 10.6 Å². The minimum atomic E-state index is -0.857. The predicted octanol–water partition coefficient (Wildman–Crippen LogP) is 3.18. The van der Waals surface area contributed by atoms with Gasteiger partial charge in [-0.05, 0) is 49.6 Å². The summed E-state index contributed by atoms with van der Waals surface area (Å²) in [6.07, 6.45) is 4.10. The van der Waals surface area contributed by atoms with Crippen molar-refractivity contribution in [2.45, 2.75) is 44.3 Å². The second kappa shape index (κ2) is 12.3. The number of halogens is 1. The maximum absolute atomic E-state index is 14.0. The second-order valence-electron chi connectivity index (χ2n) is 9.84. The number of carbonyl (C=O) groups excluding carboxylic acids is 2. The number of fused-ring (bicyclic) bond motifs is 1. The second-order valence-corrected chi connectivity index (χ2v) is 11.0. The Bertz CT molecular complexity index is 1380. The van der Waals surface area contributed by atoms with Gasteiger partial charge >= 0.3 is 0 Å². The van der Waals surface area contributed by atoms with E-state index >= 15 is 0 Å². The Balaban J connectivity index is 1.28. The molecule has 0 unspecified atom stereocenters. The Kier molecular flexibility index (Phi) is 8.57. The predicted molar refractivity (Wildman–Crippen MR) is 148 cm³/mol. The summed E-state index contributed by atoms with van der Waals surface area (Å²) in [5.41, 5.74) is 1.65. The SMILES string of the molecule is COc1cc(F)cc([C@@H](CO)NC(=O)[C@@H](C)N2CCc3sc(-c4ccnc(NC5CCOCC5)n4)cc3C2=O)c1. The normalized spacial score (nSPS) is 17.2. The third-order valence-corrected chi connectivity index (χ3v) is 8.44. The fraction of sp³-hybridized carbons (Fsp3) is 0.429. The molecule has 10 nitrogen and oxygen atoms in total. The van der Waals surface area contributed by atoms with E-state index in [1.807, 2.05) is 12.1 Å². The number of aromatic nitrogens is 2. The van der Waals surface area contributed by atoms with Crippen molar-refractivity contribution in [3.8, 4) is 16.3 Å². The molecule has 0 bridgehead atoms. The van der Waals surface area contributed by atoms with Crippen LogP contribution < -0.4 is 15.4 Å². The summed E-state index contributed by atoms with van der Waals surface area (Å²) in [7, 11) is 1.41. The number of carbonyl (C=O) groups is 2. The average molecular weight is 570 g/mol. The van der Waals surface area contributed by atoms with E-state index in [-0.39, 0.29) is 17.7 Å². The lowest BCUT2D eigenvalue weighted by Crippen LogP contribution is -2.51. The molecule has 0 radical (unpaired) electrons. The molecule has 3 aromatic rings. The summed E-state index contributed by atoms with van der Waals surface area (Å²) in [6.45, 7) is 3.00. The Labute approximate surface area is 235 Å². The topological polar surface area (TPSA) is 126 Å². The van der Waals surface area contributed by atoms with Crippen LogP contribution in [-0.2, 0) is 16.0 Å². The Morgan fingerprint density at radius 2 is 2.10 bits per heavy atom. The number of aliphatic hydroxyl groups is 1. The molecule has 0 saturated carbocycles. The molecule has 0 aliphatic carbocycles. The van der Waals surface area contributed by atoms with Crippen molar-refractivity contribution >= 4 is 29.1 Å². The Morgan fingerprint density at radius 3 is 2.85 bits per heavy atom. The molecule has 0 spiro atoms. The quantitative estimate of drug-likeness (QED) is 0.359. The van der Waals surface area contributed by atoms with E-state index in [4.69, 9.17) is 9.47 Å². The third kappa shape index (κ3) is 6.08. The van der Waals surface area contributed by atoms with E-state index in [0.717, 1.165) is 28.3 Å². The molecule has 4 heterocycles. The lowest BCUT2D eigenvalue weighted by molar-refractivity contribution is -0.126. The first kappa shape index (κ1) is 27.9. The first-order valence-corrected chi connectivity index (χ1v) is 14.0. The molecule has 2 aliphatic rings. The van der Waals surface area contributed by atoms with Gasteiger partial charge in [0.05, 0.1) is 35.9 Å². The molecular formula is C28H32FN5O5S. The van der Waals surface area contributed by atoms with Crippen LogP contribution in [0.5, 0.6) is 5.75 Å². The zero-order valence-electron chi connectivity index (χ0n) is 22.4. The minimum Gasteiger partial charge on any atom is -0.497 e. The zero-order valence-corrected chi connectivity index (χ0v) is 23.2. The number of amides is 2. The molecule has 40 heavy (non-hydrogen) atoms. The van der Waals surface area contributed by atoms with Gasteiger partial charge < -0.3 is 30.1 Å². The fourth-order valence-corrected chi connectivity index (χ4v) is 6.04. The van der Waals surface area contributed by atoms with Crippen LogP contribution in [0.1, 0.15) is 46.6 Å². The molecule has 12 heteroatoms. The van der Waals surface area contributed by atoms with Gasteiger partial charge in [-0.3, -0.25) is 9.59 Å². The van der Waals surface area contributed by atoms with Crippen molar-refractivity contribution in [3.05, 3.63) is 58.3 Å². The van der Waals surface area contributed by atoms with Gasteiger partial charge in [0.2, 0.25) is 11.9 Å². The molecular weight excluding hydrogens is 537 g/mol. The van der Waals surface area contributed by atoms with Crippen molar-refractivity contribution in [1.82, 2.24) is 20.2 Å². The molecule has 212 valence electrons. The summed E-state index contributed by atoms with van der Waals surface area (Å²) in [4.78, 5) is 39.0. The van der Waals surface area contributed by atoms with E-state index in [2.05, 4.69) is 20.6 Å². The van der Waals surface area contributed by atoms with Gasteiger partial charge in [-0.2, -0.15) is 0 Å². The number of hydrogen-bond acceptors (Lipinski definition) is 9. The highest BCUT2D eigenvalue weighted by Crippen LogP contribution is 2.35. The van der Waals surface area contributed by atoms with Gasteiger partial charge in [0.1, 0.15) is 17.6 Å². The van der Waals surface area contributed by atoms with Crippen molar-refractivity contribution in [2.24, 2.45) is 0 Å². The number of anilines is 1. The van der Waals surface area contributed by atoms with Crippen molar-refractivity contribution in [1.29, 1.82) is 0 Å². The van der Waals surface area contributed by atoms with Crippen LogP contribution in [0.2, 0.25) is 0 Å². The molecule has 3 N–H and O–H groups in total. The number of nitrogens with one attached hydrogen (secondary N) is 2. The molecule has 2 aromatic heterocycles. The lowest BCUT2D eigenvalue weighted by atomic mass is 10.0. The van der Waals surface area contributed by atoms with Crippen molar-refractivity contribution in [2.75, 3.05) is 38.8 Å². The van der Waals surface area contributed by atoms with E-state index < -0.39 is 30.4 Å². The smallest absolute Gasteiger partial charge is 0.255 e. The summed E-state index contributed by atoms with van der Waals surface area (Å²) in [5, 5.41) is 16.0. The maximum atomic E-state index is 14.0. The Hall–Kier alpha value is -3.61. The van der Waals surface area contributed by atoms with Crippen LogP contribution >= 0.6 is 11.3 Å². The number of nitrogens with zero attached hydrogens (tertiary/aromatic N) is 3. The van der Waals surface area contributed by atoms with E-state index in [9.17, 15) is 19.1 Å². The first-order chi connectivity index (χ1) is 19.4. The minimum absolute atomic E-state index is 0.242. The van der Waals surface area contributed by atoms with Gasteiger partial charge in [0, 0.05) is 49.4 Å². The molecule has 1 saturated heterocycles. The molecule has 5 rings (SSSR count). The monoisotopic (exact) mass is 569 g/mol. The number of methoxy groups -OCH3 is 1. The third-order valence-electron chi connectivity index (χ3n) is 7.22.